The van der Waals surface area contributed by atoms with Gasteiger partial charge in [-0.3, -0.25) is 9.36 Å². The number of ether oxygens (including phenoxy) is 2. The lowest BCUT2D eigenvalue weighted by molar-refractivity contribution is -0.140. The maximum absolute atomic E-state index is 13.7. The summed E-state index contributed by atoms with van der Waals surface area (Å²) >= 11 is 1.27. The van der Waals surface area contributed by atoms with Crippen LogP contribution in [-0.2, 0) is 14.3 Å². The second kappa shape index (κ2) is 10.5. The van der Waals surface area contributed by atoms with E-state index in [9.17, 15) is 14.4 Å². The van der Waals surface area contributed by atoms with E-state index in [2.05, 4.69) is 4.99 Å². The largest absolute Gasteiger partial charge is 0.465 e. The molecule has 36 heavy (non-hydrogen) atoms. The highest BCUT2D eigenvalue weighted by Gasteiger charge is 2.33. The number of benzene rings is 2. The van der Waals surface area contributed by atoms with Crippen molar-refractivity contribution in [3.8, 4) is 0 Å². The molecule has 0 aliphatic carbocycles. The lowest BCUT2D eigenvalue weighted by Gasteiger charge is -2.25. The Morgan fingerprint density at radius 1 is 1.06 bits per heavy atom. The smallest absolute Gasteiger partial charge is 0.338 e. The van der Waals surface area contributed by atoms with Crippen molar-refractivity contribution in [3.63, 3.8) is 0 Å². The number of allylic oxidation sites excluding steroid dienone is 1. The van der Waals surface area contributed by atoms with Crippen LogP contribution in [0.15, 0.2) is 69.6 Å². The number of aryl methyl sites for hydroxylation is 1. The third kappa shape index (κ3) is 5.09. The number of fused-ring (bicyclic) bond motifs is 1. The van der Waals surface area contributed by atoms with Crippen molar-refractivity contribution in [1.82, 2.24) is 4.57 Å². The number of rotatable bonds is 6. The molecule has 7 nitrogen and oxygen atoms in total. The maximum Gasteiger partial charge on any atom is 0.338 e. The van der Waals surface area contributed by atoms with Crippen LogP contribution < -0.4 is 14.9 Å². The number of methoxy groups -OCH3 is 1. The maximum atomic E-state index is 13.7. The molecule has 0 N–H and O–H groups in total. The molecule has 8 heteroatoms. The summed E-state index contributed by atoms with van der Waals surface area (Å²) in [5.41, 5.74) is 3.61. The second-order valence-electron chi connectivity index (χ2n) is 9.10. The fourth-order valence-corrected chi connectivity index (χ4v) is 5.00. The number of aromatic nitrogens is 1. The van der Waals surface area contributed by atoms with Gasteiger partial charge in [0, 0.05) is 0 Å². The Bertz CT molecular complexity index is 1510. The molecule has 1 aliphatic heterocycles. The Kier molecular flexibility index (Phi) is 7.35. The van der Waals surface area contributed by atoms with Crippen LogP contribution in [0.2, 0.25) is 0 Å². The number of hydrogen-bond donors (Lipinski definition) is 0. The van der Waals surface area contributed by atoms with E-state index in [1.54, 1.807) is 31.2 Å². The zero-order valence-electron chi connectivity index (χ0n) is 20.9. The lowest BCUT2D eigenvalue weighted by Crippen LogP contribution is -2.40. The molecule has 4 rings (SSSR count). The molecule has 1 unspecified atom stereocenters. The molecule has 0 amide bonds. The molecule has 3 aromatic rings. The zero-order chi connectivity index (χ0) is 26.0. The molecule has 0 bridgehead atoms. The average molecular weight is 505 g/mol. The topological polar surface area (TPSA) is 87.0 Å². The van der Waals surface area contributed by atoms with Crippen molar-refractivity contribution in [1.29, 1.82) is 0 Å². The number of thiazole rings is 1. The number of esters is 2. The molecule has 1 aromatic heterocycles. The molecule has 1 atom stereocenters. The Hall–Kier alpha value is -3.78. The Labute approximate surface area is 213 Å². The van der Waals surface area contributed by atoms with Crippen molar-refractivity contribution in [2.45, 2.75) is 33.7 Å². The van der Waals surface area contributed by atoms with Gasteiger partial charge in [0.05, 0.1) is 41.1 Å². The first-order chi connectivity index (χ1) is 17.2. The summed E-state index contributed by atoms with van der Waals surface area (Å²) < 4.78 is 12.4. The van der Waals surface area contributed by atoms with Crippen LogP contribution in [0.3, 0.4) is 0 Å². The van der Waals surface area contributed by atoms with Gasteiger partial charge in [0.25, 0.3) is 5.56 Å². The van der Waals surface area contributed by atoms with Gasteiger partial charge in [-0.05, 0) is 49.1 Å². The van der Waals surface area contributed by atoms with Gasteiger partial charge >= 0.3 is 11.9 Å². The van der Waals surface area contributed by atoms with Gasteiger partial charge in [-0.15, -0.1) is 0 Å². The van der Waals surface area contributed by atoms with Gasteiger partial charge in [0.2, 0.25) is 0 Å². The standard InChI is InChI=1S/C28H28N2O5S/c1-16(2)15-35-27(33)23-18(4)29-28-30(24(23)20-10-12-21(13-11-20)26(32)34-5)25(31)22(36-28)14-19-8-6-17(3)7-9-19/h6-14,16,24H,15H2,1-5H3. The molecule has 186 valence electrons. The number of carbonyl (C=O) groups excluding carboxylic acids is 2. The van der Waals surface area contributed by atoms with Gasteiger partial charge in [-0.2, -0.15) is 0 Å². The van der Waals surface area contributed by atoms with E-state index >= 15 is 0 Å². The minimum Gasteiger partial charge on any atom is -0.465 e. The predicted molar refractivity (Wildman–Crippen MR) is 139 cm³/mol. The van der Waals surface area contributed by atoms with Gasteiger partial charge in [-0.25, -0.2) is 14.6 Å². The van der Waals surface area contributed by atoms with Crippen molar-refractivity contribution in [3.05, 3.63) is 102 Å². The highest BCUT2D eigenvalue weighted by Crippen LogP contribution is 2.31. The van der Waals surface area contributed by atoms with Crippen LogP contribution in [0.4, 0.5) is 0 Å². The van der Waals surface area contributed by atoms with Crippen LogP contribution in [0, 0.1) is 12.8 Å². The summed E-state index contributed by atoms with van der Waals surface area (Å²) in [7, 11) is 1.32. The summed E-state index contributed by atoms with van der Waals surface area (Å²) in [4.78, 5) is 44.0. The third-order valence-corrected chi connectivity index (χ3v) is 6.79. The summed E-state index contributed by atoms with van der Waals surface area (Å²) in [6.45, 7) is 7.92. The Morgan fingerprint density at radius 2 is 1.72 bits per heavy atom. The van der Waals surface area contributed by atoms with Gasteiger partial charge in [0.1, 0.15) is 0 Å². The van der Waals surface area contributed by atoms with E-state index in [1.165, 1.54) is 23.0 Å². The van der Waals surface area contributed by atoms with Crippen molar-refractivity contribution < 1.29 is 19.1 Å². The molecule has 1 aliphatic rings. The fraction of sp³-hybridized carbons (Fsp3) is 0.286. The average Bonchev–Trinajstić information content (AvgIpc) is 3.16. The Balaban J connectivity index is 1.88. The quantitative estimate of drug-likeness (QED) is 0.480. The van der Waals surface area contributed by atoms with Crippen molar-refractivity contribution in [2.75, 3.05) is 13.7 Å². The lowest BCUT2D eigenvalue weighted by atomic mass is 9.95. The van der Waals surface area contributed by atoms with Crippen LogP contribution in [0.25, 0.3) is 6.08 Å². The van der Waals surface area contributed by atoms with Crippen LogP contribution in [0.1, 0.15) is 53.9 Å². The molecular weight excluding hydrogens is 476 g/mol. The van der Waals surface area contributed by atoms with Gasteiger partial charge in [-0.1, -0.05) is 67.1 Å². The SMILES string of the molecule is COC(=O)c1ccc(C2C(C(=O)OCC(C)C)=C(C)N=c3sc(=Cc4ccc(C)cc4)c(=O)n32)cc1. The molecular formula is C28H28N2O5S. The van der Waals surface area contributed by atoms with Crippen LogP contribution in [-0.4, -0.2) is 30.2 Å². The van der Waals surface area contributed by atoms with Gasteiger partial charge in [0.15, 0.2) is 4.80 Å². The first-order valence-corrected chi connectivity index (χ1v) is 12.5. The first kappa shape index (κ1) is 25.3. The molecule has 2 aromatic carbocycles. The molecule has 2 heterocycles. The third-order valence-electron chi connectivity index (χ3n) is 5.81. The highest BCUT2D eigenvalue weighted by atomic mass is 32.1. The first-order valence-electron chi connectivity index (χ1n) is 11.6. The minimum atomic E-state index is -0.743. The van der Waals surface area contributed by atoms with E-state index in [4.69, 9.17) is 9.47 Å². The summed E-state index contributed by atoms with van der Waals surface area (Å²) in [6.07, 6.45) is 1.83. The highest BCUT2D eigenvalue weighted by molar-refractivity contribution is 7.07. The van der Waals surface area contributed by atoms with Crippen LogP contribution in [0.5, 0.6) is 0 Å². The van der Waals surface area contributed by atoms with Crippen molar-refractivity contribution in [2.24, 2.45) is 10.9 Å². The zero-order valence-corrected chi connectivity index (χ0v) is 21.7. The molecule has 0 spiro atoms. The number of hydrogen-bond acceptors (Lipinski definition) is 7. The monoisotopic (exact) mass is 504 g/mol. The molecule has 0 radical (unpaired) electrons. The fourth-order valence-electron chi connectivity index (χ4n) is 3.95. The predicted octanol–water partition coefficient (Wildman–Crippen LogP) is 3.53. The van der Waals surface area contributed by atoms with E-state index in [0.29, 0.717) is 31.7 Å². The molecule has 0 fully saturated rings. The van der Waals surface area contributed by atoms with Crippen LogP contribution >= 0.6 is 11.3 Å². The van der Waals surface area contributed by atoms with Gasteiger partial charge < -0.3 is 9.47 Å². The van der Waals surface area contributed by atoms with E-state index in [1.807, 2.05) is 51.1 Å². The number of carbonyl (C=O) groups is 2. The molecule has 0 saturated carbocycles. The summed E-state index contributed by atoms with van der Waals surface area (Å²) in [5.74, 6) is -0.824. The van der Waals surface area contributed by atoms with Crippen molar-refractivity contribution >= 4 is 29.4 Å². The normalized spacial score (nSPS) is 15.5. The molecule has 0 saturated heterocycles. The summed E-state index contributed by atoms with van der Waals surface area (Å²) in [6, 6.07) is 13.8. The number of nitrogens with zero attached hydrogens (tertiary/aromatic N) is 2. The van der Waals surface area contributed by atoms with E-state index < -0.39 is 18.0 Å². The van der Waals surface area contributed by atoms with E-state index in [-0.39, 0.29) is 18.1 Å². The minimum absolute atomic E-state index is 0.156. The van der Waals surface area contributed by atoms with E-state index in [0.717, 1.165) is 11.1 Å². The summed E-state index contributed by atoms with van der Waals surface area (Å²) in [5, 5.41) is 0. The Morgan fingerprint density at radius 3 is 2.33 bits per heavy atom. The second-order valence-corrected chi connectivity index (χ2v) is 10.1.